The molecule has 6 nitrogen and oxygen atoms in total. The van der Waals surface area contributed by atoms with E-state index in [0.29, 0.717) is 17.1 Å². The first-order chi connectivity index (χ1) is 12.9. The predicted molar refractivity (Wildman–Crippen MR) is 96.4 cm³/mol. The lowest BCUT2D eigenvalue weighted by Crippen LogP contribution is -2.47. The maximum Gasteiger partial charge on any atom is 0.235 e. The Labute approximate surface area is 156 Å². The highest BCUT2D eigenvalue weighted by atomic mass is 19.1. The van der Waals surface area contributed by atoms with Gasteiger partial charge in [-0.25, -0.2) is 4.39 Å². The average molecular weight is 372 g/mol. The van der Waals surface area contributed by atoms with Gasteiger partial charge in [-0.1, -0.05) is 24.3 Å². The number of rotatable bonds is 6. The van der Waals surface area contributed by atoms with Crippen LogP contribution in [0.25, 0.3) is 0 Å². The molecule has 7 heteroatoms. The molecule has 2 N–H and O–H groups in total. The maximum atomic E-state index is 13.6. The van der Waals surface area contributed by atoms with Crippen LogP contribution in [0.1, 0.15) is 25.0 Å². The average Bonchev–Trinajstić information content (AvgIpc) is 3.12. The number of ether oxygens (including phenoxy) is 2. The second kappa shape index (κ2) is 7.65. The molecule has 0 aliphatic carbocycles. The van der Waals surface area contributed by atoms with Crippen molar-refractivity contribution in [2.45, 2.75) is 26.9 Å². The summed E-state index contributed by atoms with van der Waals surface area (Å²) in [6.07, 6.45) is 0. The van der Waals surface area contributed by atoms with Crippen molar-refractivity contribution in [1.29, 1.82) is 0 Å². The fourth-order valence-corrected chi connectivity index (χ4v) is 2.60. The normalized spacial score (nSPS) is 12.6. The SMILES string of the molecule is CC(C)(C(=O)NCc1ccc2c(c1)OCO2)C(=O)NCc1ccccc1F. The molecule has 1 aliphatic heterocycles. The standard InChI is InChI=1S/C20H21FN2O4/c1-20(2,19(25)23-11-14-5-3-4-6-15(14)21)18(24)22-10-13-7-8-16-17(9-13)27-12-26-16/h3-9H,10-12H2,1-2H3,(H,22,24)(H,23,25). The van der Waals surface area contributed by atoms with Gasteiger partial charge in [0.1, 0.15) is 11.2 Å². The Hall–Kier alpha value is -3.09. The van der Waals surface area contributed by atoms with Crippen molar-refractivity contribution in [3.63, 3.8) is 0 Å². The monoisotopic (exact) mass is 372 g/mol. The van der Waals surface area contributed by atoms with Gasteiger partial charge in [-0.3, -0.25) is 9.59 Å². The molecule has 2 aromatic rings. The molecule has 0 saturated carbocycles. The van der Waals surface area contributed by atoms with E-state index in [0.717, 1.165) is 5.56 Å². The zero-order valence-electron chi connectivity index (χ0n) is 15.2. The summed E-state index contributed by atoms with van der Waals surface area (Å²) < 4.78 is 24.2. The third kappa shape index (κ3) is 4.19. The highest BCUT2D eigenvalue weighted by Gasteiger charge is 2.35. The molecule has 0 saturated heterocycles. The number of hydrogen-bond donors (Lipinski definition) is 2. The molecule has 0 bridgehead atoms. The number of hydrogen-bond acceptors (Lipinski definition) is 4. The van der Waals surface area contributed by atoms with E-state index in [9.17, 15) is 14.0 Å². The van der Waals surface area contributed by atoms with Crippen LogP contribution in [0.4, 0.5) is 4.39 Å². The molecule has 142 valence electrons. The Morgan fingerprint density at radius 2 is 1.67 bits per heavy atom. The lowest BCUT2D eigenvalue weighted by Gasteiger charge is -2.23. The molecule has 0 radical (unpaired) electrons. The lowest BCUT2D eigenvalue weighted by atomic mass is 9.91. The minimum atomic E-state index is -1.30. The molecular formula is C20H21FN2O4. The van der Waals surface area contributed by atoms with E-state index in [1.165, 1.54) is 19.9 Å². The number of carbonyl (C=O) groups excluding carboxylic acids is 2. The molecule has 0 spiro atoms. The second-order valence-corrected chi connectivity index (χ2v) is 6.77. The Morgan fingerprint density at radius 3 is 2.41 bits per heavy atom. The molecular weight excluding hydrogens is 351 g/mol. The van der Waals surface area contributed by atoms with E-state index in [1.54, 1.807) is 30.3 Å². The zero-order valence-corrected chi connectivity index (χ0v) is 15.2. The summed E-state index contributed by atoms with van der Waals surface area (Å²) in [5.74, 6) is -0.00965. The van der Waals surface area contributed by atoms with Crippen molar-refractivity contribution >= 4 is 11.8 Å². The summed E-state index contributed by atoms with van der Waals surface area (Å²) in [6, 6.07) is 11.6. The van der Waals surface area contributed by atoms with E-state index >= 15 is 0 Å². The smallest absolute Gasteiger partial charge is 0.235 e. The van der Waals surface area contributed by atoms with Gasteiger partial charge in [-0.05, 0) is 37.6 Å². The van der Waals surface area contributed by atoms with Crippen LogP contribution in [0, 0.1) is 11.2 Å². The highest BCUT2D eigenvalue weighted by Crippen LogP contribution is 2.32. The van der Waals surface area contributed by atoms with Crippen LogP contribution in [-0.4, -0.2) is 18.6 Å². The van der Waals surface area contributed by atoms with E-state index in [2.05, 4.69) is 10.6 Å². The fraction of sp³-hybridized carbons (Fsp3) is 0.300. The van der Waals surface area contributed by atoms with Gasteiger partial charge in [0.05, 0.1) is 0 Å². The maximum absolute atomic E-state index is 13.6. The summed E-state index contributed by atoms with van der Waals surface area (Å²) in [7, 11) is 0. The molecule has 3 rings (SSSR count). The van der Waals surface area contributed by atoms with Crippen LogP contribution in [0.5, 0.6) is 11.5 Å². The first kappa shape index (κ1) is 18.7. The summed E-state index contributed by atoms with van der Waals surface area (Å²) in [5.41, 5.74) is -0.112. The fourth-order valence-electron chi connectivity index (χ4n) is 2.60. The third-order valence-corrected chi connectivity index (χ3v) is 4.42. The highest BCUT2D eigenvalue weighted by molar-refractivity contribution is 6.04. The van der Waals surface area contributed by atoms with Crippen molar-refractivity contribution in [2.24, 2.45) is 5.41 Å². The van der Waals surface area contributed by atoms with Crippen molar-refractivity contribution in [1.82, 2.24) is 10.6 Å². The Bertz CT molecular complexity index is 867. The molecule has 0 fully saturated rings. The van der Waals surface area contributed by atoms with Gasteiger partial charge in [0.25, 0.3) is 0 Å². The number of fused-ring (bicyclic) bond motifs is 1. The minimum Gasteiger partial charge on any atom is -0.454 e. The Balaban J connectivity index is 1.56. The zero-order chi connectivity index (χ0) is 19.4. The summed E-state index contributed by atoms with van der Waals surface area (Å²) in [5, 5.41) is 5.37. The van der Waals surface area contributed by atoms with Gasteiger partial charge < -0.3 is 20.1 Å². The summed E-state index contributed by atoms with van der Waals surface area (Å²) >= 11 is 0. The predicted octanol–water partition coefficient (Wildman–Crippen LogP) is 2.51. The first-order valence-electron chi connectivity index (χ1n) is 8.56. The molecule has 27 heavy (non-hydrogen) atoms. The molecule has 2 aromatic carbocycles. The topological polar surface area (TPSA) is 76.7 Å². The number of benzene rings is 2. The van der Waals surface area contributed by atoms with Crippen LogP contribution in [-0.2, 0) is 22.7 Å². The number of carbonyl (C=O) groups is 2. The van der Waals surface area contributed by atoms with Crippen LogP contribution in [0.2, 0.25) is 0 Å². The van der Waals surface area contributed by atoms with E-state index in [-0.39, 0.29) is 19.9 Å². The van der Waals surface area contributed by atoms with Crippen molar-refractivity contribution in [3.8, 4) is 11.5 Å². The van der Waals surface area contributed by atoms with Gasteiger partial charge in [0, 0.05) is 18.7 Å². The van der Waals surface area contributed by atoms with Crippen molar-refractivity contribution in [2.75, 3.05) is 6.79 Å². The first-order valence-corrected chi connectivity index (χ1v) is 8.56. The van der Waals surface area contributed by atoms with Crippen LogP contribution in [0.3, 0.4) is 0 Å². The van der Waals surface area contributed by atoms with E-state index < -0.39 is 23.0 Å². The Morgan fingerprint density at radius 1 is 1.00 bits per heavy atom. The molecule has 1 aliphatic rings. The van der Waals surface area contributed by atoms with Gasteiger partial charge >= 0.3 is 0 Å². The third-order valence-electron chi connectivity index (χ3n) is 4.42. The largest absolute Gasteiger partial charge is 0.454 e. The van der Waals surface area contributed by atoms with Gasteiger partial charge in [0.2, 0.25) is 18.6 Å². The Kier molecular flexibility index (Phi) is 5.30. The molecule has 0 unspecified atom stereocenters. The molecule has 0 aromatic heterocycles. The second-order valence-electron chi connectivity index (χ2n) is 6.77. The quantitative estimate of drug-likeness (QED) is 0.764. The van der Waals surface area contributed by atoms with Crippen LogP contribution < -0.4 is 20.1 Å². The van der Waals surface area contributed by atoms with Crippen LogP contribution in [0.15, 0.2) is 42.5 Å². The molecule has 1 heterocycles. The summed E-state index contributed by atoms with van der Waals surface area (Å²) in [6.45, 7) is 3.50. The van der Waals surface area contributed by atoms with Crippen molar-refractivity contribution in [3.05, 3.63) is 59.4 Å². The number of nitrogens with one attached hydrogen (secondary N) is 2. The van der Waals surface area contributed by atoms with Crippen LogP contribution >= 0.6 is 0 Å². The van der Waals surface area contributed by atoms with E-state index in [4.69, 9.17) is 9.47 Å². The van der Waals surface area contributed by atoms with Gasteiger partial charge in [-0.15, -0.1) is 0 Å². The van der Waals surface area contributed by atoms with Gasteiger partial charge in [0.15, 0.2) is 11.5 Å². The minimum absolute atomic E-state index is 0.0182. The van der Waals surface area contributed by atoms with E-state index in [1.807, 2.05) is 6.07 Å². The molecule has 0 atom stereocenters. The van der Waals surface area contributed by atoms with Crippen molar-refractivity contribution < 1.29 is 23.5 Å². The number of amides is 2. The lowest BCUT2D eigenvalue weighted by molar-refractivity contribution is -0.141. The number of halogens is 1. The summed E-state index contributed by atoms with van der Waals surface area (Å²) in [4.78, 5) is 24.9. The molecule has 2 amide bonds. The van der Waals surface area contributed by atoms with Gasteiger partial charge in [-0.2, -0.15) is 0 Å².